The molecular formula is C25H19Br2N3O6. The third-order valence-corrected chi connectivity index (χ3v) is 5.99. The first-order chi connectivity index (χ1) is 17.2. The molecule has 0 spiro atoms. The summed E-state index contributed by atoms with van der Waals surface area (Å²) >= 11 is 6.85. The zero-order valence-electron chi connectivity index (χ0n) is 19.1. The predicted octanol–water partition coefficient (Wildman–Crippen LogP) is 6.26. The predicted molar refractivity (Wildman–Crippen MR) is 141 cm³/mol. The molecule has 0 aromatic heterocycles. The highest BCUT2D eigenvalue weighted by molar-refractivity contribution is 9.10. The highest BCUT2D eigenvalue weighted by atomic mass is 79.9. The first-order valence-corrected chi connectivity index (χ1v) is 11.8. The summed E-state index contributed by atoms with van der Waals surface area (Å²) in [5.41, 5.74) is 0.731. The zero-order valence-corrected chi connectivity index (χ0v) is 22.3. The summed E-state index contributed by atoms with van der Waals surface area (Å²) in [6.07, 6.45) is 1.34. The monoisotopic (exact) mass is 615 g/mol. The lowest BCUT2D eigenvalue weighted by atomic mass is 10.1. The Morgan fingerprint density at radius 3 is 2.44 bits per heavy atom. The first-order valence-electron chi connectivity index (χ1n) is 10.3. The van der Waals surface area contributed by atoms with Crippen molar-refractivity contribution >= 4 is 55.2 Å². The molecule has 0 unspecified atom stereocenters. The zero-order chi connectivity index (χ0) is 26.2. The fourth-order valence-corrected chi connectivity index (χ4v) is 3.94. The number of nitrogens with zero attached hydrogens (tertiary/aromatic N) is 2. The summed E-state index contributed by atoms with van der Waals surface area (Å²) in [6.45, 7) is 0.296. The number of hydrogen-bond acceptors (Lipinski definition) is 7. The smallest absolute Gasteiger partial charge is 0.296 e. The van der Waals surface area contributed by atoms with Crippen molar-refractivity contribution in [3.63, 3.8) is 0 Å². The Bertz CT molecular complexity index is 1370. The molecule has 0 heterocycles. The number of rotatable bonds is 9. The molecule has 11 heteroatoms. The second-order valence-corrected chi connectivity index (χ2v) is 8.98. The van der Waals surface area contributed by atoms with Gasteiger partial charge in [-0.1, -0.05) is 28.1 Å². The largest absolute Gasteiger partial charge is 0.496 e. The third-order valence-electron chi connectivity index (χ3n) is 4.87. The van der Waals surface area contributed by atoms with Gasteiger partial charge in [-0.3, -0.25) is 14.9 Å². The lowest BCUT2D eigenvalue weighted by Crippen LogP contribution is -2.14. The van der Waals surface area contributed by atoms with Crippen molar-refractivity contribution in [1.82, 2.24) is 0 Å². The normalized spacial score (nSPS) is 10.8. The van der Waals surface area contributed by atoms with E-state index in [-0.39, 0.29) is 22.7 Å². The van der Waals surface area contributed by atoms with E-state index >= 15 is 0 Å². The number of amides is 1. The Labute approximate surface area is 223 Å². The number of hydrogen-bond donors (Lipinski definition) is 1. The van der Waals surface area contributed by atoms with Crippen molar-refractivity contribution in [2.75, 3.05) is 19.5 Å². The van der Waals surface area contributed by atoms with E-state index in [1.807, 2.05) is 30.3 Å². The molecule has 3 aromatic rings. The van der Waals surface area contributed by atoms with Crippen LogP contribution in [0.2, 0.25) is 0 Å². The first kappa shape index (κ1) is 26.7. The molecule has 3 aromatic carbocycles. The number of carbonyl (C=O) groups is 1. The summed E-state index contributed by atoms with van der Waals surface area (Å²) in [5, 5.41) is 23.4. The molecule has 0 atom stereocenters. The SMILES string of the molecule is COc1ccc(NC(=O)/C(C#N)=C/c2cc(Br)c(OCc3ccc(Br)cc3)c(OC)c2)c([N+](=O)[O-])c1. The molecule has 0 aliphatic rings. The Kier molecular flexibility index (Phi) is 9.05. The van der Waals surface area contributed by atoms with Crippen molar-refractivity contribution in [3.05, 3.63) is 90.4 Å². The molecule has 0 bridgehead atoms. The van der Waals surface area contributed by atoms with Gasteiger partial charge in [-0.05, 0) is 69.5 Å². The molecule has 36 heavy (non-hydrogen) atoms. The van der Waals surface area contributed by atoms with Crippen LogP contribution in [0.15, 0.2) is 69.1 Å². The number of benzene rings is 3. The lowest BCUT2D eigenvalue weighted by Gasteiger charge is -2.14. The van der Waals surface area contributed by atoms with Gasteiger partial charge in [-0.2, -0.15) is 5.26 Å². The number of nitro benzene ring substituents is 1. The van der Waals surface area contributed by atoms with E-state index in [2.05, 4.69) is 37.2 Å². The van der Waals surface area contributed by atoms with Gasteiger partial charge in [0.15, 0.2) is 11.5 Å². The number of ether oxygens (including phenoxy) is 3. The van der Waals surface area contributed by atoms with E-state index in [9.17, 15) is 20.2 Å². The second kappa shape index (κ2) is 12.2. The summed E-state index contributed by atoms with van der Waals surface area (Å²) in [5.74, 6) is 0.289. The van der Waals surface area contributed by atoms with E-state index in [0.717, 1.165) is 10.0 Å². The van der Waals surface area contributed by atoms with E-state index in [1.165, 1.54) is 38.5 Å². The molecule has 3 rings (SSSR count). The van der Waals surface area contributed by atoms with Gasteiger partial charge in [0.1, 0.15) is 29.7 Å². The third kappa shape index (κ3) is 6.62. The minimum Gasteiger partial charge on any atom is -0.496 e. The van der Waals surface area contributed by atoms with Gasteiger partial charge in [-0.15, -0.1) is 0 Å². The maximum absolute atomic E-state index is 12.7. The number of nitro groups is 1. The van der Waals surface area contributed by atoms with Gasteiger partial charge in [0.2, 0.25) is 0 Å². The molecule has 184 valence electrons. The maximum Gasteiger partial charge on any atom is 0.296 e. The van der Waals surface area contributed by atoms with Gasteiger partial charge in [0.25, 0.3) is 11.6 Å². The number of nitriles is 1. The molecule has 1 N–H and O–H groups in total. The number of halogens is 2. The fraction of sp³-hybridized carbons (Fsp3) is 0.120. The average molecular weight is 617 g/mol. The van der Waals surface area contributed by atoms with Crippen LogP contribution in [-0.2, 0) is 11.4 Å². The van der Waals surface area contributed by atoms with Crippen molar-refractivity contribution < 1.29 is 23.9 Å². The van der Waals surface area contributed by atoms with Crippen LogP contribution < -0.4 is 19.5 Å². The summed E-state index contributed by atoms with van der Waals surface area (Å²) in [4.78, 5) is 23.5. The van der Waals surface area contributed by atoms with Crippen LogP contribution in [0, 0.1) is 21.4 Å². The molecule has 0 saturated heterocycles. The van der Waals surface area contributed by atoms with E-state index in [1.54, 1.807) is 12.1 Å². The Morgan fingerprint density at radius 1 is 1.11 bits per heavy atom. The second-order valence-electron chi connectivity index (χ2n) is 7.21. The minimum atomic E-state index is -0.809. The van der Waals surface area contributed by atoms with Crippen molar-refractivity contribution in [2.45, 2.75) is 6.61 Å². The van der Waals surface area contributed by atoms with Gasteiger partial charge in [0, 0.05) is 4.47 Å². The van der Waals surface area contributed by atoms with E-state index < -0.39 is 10.8 Å². The van der Waals surface area contributed by atoms with Crippen LogP contribution >= 0.6 is 31.9 Å². The van der Waals surface area contributed by atoms with Crippen LogP contribution in [0.3, 0.4) is 0 Å². The summed E-state index contributed by atoms with van der Waals surface area (Å²) in [6, 6.07) is 16.8. The Morgan fingerprint density at radius 2 is 1.83 bits per heavy atom. The van der Waals surface area contributed by atoms with Gasteiger partial charge >= 0.3 is 0 Å². The molecule has 1 amide bonds. The van der Waals surface area contributed by atoms with Crippen molar-refractivity contribution in [1.29, 1.82) is 5.26 Å². The molecule has 0 radical (unpaired) electrons. The van der Waals surface area contributed by atoms with Crippen LogP contribution in [0.4, 0.5) is 11.4 Å². The van der Waals surface area contributed by atoms with E-state index in [0.29, 0.717) is 28.1 Å². The van der Waals surface area contributed by atoms with Crippen LogP contribution in [0.1, 0.15) is 11.1 Å². The van der Waals surface area contributed by atoms with Crippen LogP contribution in [-0.4, -0.2) is 25.1 Å². The number of methoxy groups -OCH3 is 2. The highest BCUT2D eigenvalue weighted by Gasteiger charge is 2.20. The number of nitrogens with one attached hydrogen (secondary N) is 1. The molecule has 0 aliphatic carbocycles. The van der Waals surface area contributed by atoms with Gasteiger partial charge in [-0.25, -0.2) is 0 Å². The number of anilines is 1. The fourth-order valence-electron chi connectivity index (χ4n) is 3.10. The molecule has 0 aliphatic heterocycles. The van der Waals surface area contributed by atoms with E-state index in [4.69, 9.17) is 14.2 Å². The summed E-state index contributed by atoms with van der Waals surface area (Å²) in [7, 11) is 2.85. The van der Waals surface area contributed by atoms with Crippen LogP contribution in [0.25, 0.3) is 6.08 Å². The standard InChI is InChI=1S/C25H19Br2N3O6/c1-34-19-7-8-21(22(12-19)30(32)33)29-25(31)17(13-28)9-16-10-20(27)24(23(11-16)35-2)36-14-15-3-5-18(26)6-4-15/h3-12H,14H2,1-2H3,(H,29,31)/b17-9+. The molecule has 0 fully saturated rings. The van der Waals surface area contributed by atoms with Gasteiger partial charge in [0.05, 0.1) is 29.7 Å². The minimum absolute atomic E-state index is 0.0672. The molecule has 0 saturated carbocycles. The Hall–Kier alpha value is -3.88. The topological polar surface area (TPSA) is 124 Å². The number of carbonyl (C=O) groups excluding carboxylic acids is 1. The molecular weight excluding hydrogens is 598 g/mol. The average Bonchev–Trinajstić information content (AvgIpc) is 2.87. The maximum atomic E-state index is 12.7. The summed E-state index contributed by atoms with van der Waals surface area (Å²) < 4.78 is 17.9. The Balaban J connectivity index is 1.84. The van der Waals surface area contributed by atoms with Crippen LogP contribution in [0.5, 0.6) is 17.2 Å². The lowest BCUT2D eigenvalue weighted by molar-refractivity contribution is -0.384. The highest BCUT2D eigenvalue weighted by Crippen LogP contribution is 2.38. The van der Waals surface area contributed by atoms with Gasteiger partial charge < -0.3 is 19.5 Å². The van der Waals surface area contributed by atoms with Crippen molar-refractivity contribution in [2.24, 2.45) is 0 Å². The quantitative estimate of drug-likeness (QED) is 0.130. The molecule has 9 nitrogen and oxygen atoms in total. The van der Waals surface area contributed by atoms with Crippen molar-refractivity contribution in [3.8, 4) is 23.3 Å².